The van der Waals surface area contributed by atoms with Gasteiger partial charge in [-0.2, -0.15) is 0 Å². The van der Waals surface area contributed by atoms with Gasteiger partial charge in [0.25, 0.3) is 0 Å². The van der Waals surface area contributed by atoms with Gasteiger partial charge in [0.2, 0.25) is 0 Å². The second kappa shape index (κ2) is 2.74. The van der Waals surface area contributed by atoms with Gasteiger partial charge in [-0.3, -0.25) is 0 Å². The first-order chi connectivity index (χ1) is 5.66. The summed E-state index contributed by atoms with van der Waals surface area (Å²) in [5.41, 5.74) is 3.14. The fourth-order valence-corrected chi connectivity index (χ4v) is 2.68. The molecule has 0 atom stereocenters. The Hall–Kier alpha value is -0.560. The van der Waals surface area contributed by atoms with Gasteiger partial charge < -0.3 is 0 Å². The molecule has 0 saturated carbocycles. The maximum absolute atomic E-state index is 2.37. The van der Waals surface area contributed by atoms with Crippen LogP contribution in [0.4, 0.5) is 0 Å². The lowest BCUT2D eigenvalue weighted by molar-refractivity contribution is 0.754. The monoisotopic (exact) mass is 178 g/mol. The molecule has 0 N–H and O–H groups in total. The summed E-state index contributed by atoms with van der Waals surface area (Å²) >= 11 is 1.92. The fourth-order valence-electron chi connectivity index (χ4n) is 1.66. The van der Waals surface area contributed by atoms with Gasteiger partial charge in [-0.15, -0.1) is 11.3 Å². The van der Waals surface area contributed by atoms with Gasteiger partial charge in [-0.05, 0) is 37.0 Å². The summed E-state index contributed by atoms with van der Waals surface area (Å²) in [7, 11) is 0. The van der Waals surface area contributed by atoms with E-state index in [1.54, 1.807) is 11.1 Å². The molecule has 0 unspecified atom stereocenters. The second-order valence-electron chi connectivity index (χ2n) is 3.80. The lowest BCUT2D eigenvalue weighted by atomic mass is 10.0. The highest BCUT2D eigenvalue weighted by Crippen LogP contribution is 2.34. The van der Waals surface area contributed by atoms with E-state index in [2.05, 4.69) is 32.9 Å². The minimum atomic E-state index is 0.713. The third-order valence-corrected chi connectivity index (χ3v) is 3.46. The molecule has 1 aliphatic carbocycles. The maximum Gasteiger partial charge on any atom is 0.0308 e. The van der Waals surface area contributed by atoms with Crippen LogP contribution in [0.15, 0.2) is 11.6 Å². The number of rotatable bonds is 1. The van der Waals surface area contributed by atoms with E-state index in [0.29, 0.717) is 5.92 Å². The average molecular weight is 178 g/mol. The van der Waals surface area contributed by atoms with E-state index in [1.165, 1.54) is 16.2 Å². The van der Waals surface area contributed by atoms with Crippen molar-refractivity contribution in [3.63, 3.8) is 0 Å². The highest BCUT2D eigenvalue weighted by molar-refractivity contribution is 7.13. The van der Waals surface area contributed by atoms with Gasteiger partial charge in [0, 0.05) is 9.75 Å². The molecular formula is C11H14S. The molecule has 2 rings (SSSR count). The fraction of sp³-hybridized carbons (Fsp3) is 0.455. The summed E-state index contributed by atoms with van der Waals surface area (Å²) in [5.74, 6) is 0.713. The van der Waals surface area contributed by atoms with Crippen molar-refractivity contribution >= 4 is 17.4 Å². The van der Waals surface area contributed by atoms with Crippen molar-refractivity contribution in [2.24, 2.45) is 5.92 Å². The predicted octanol–water partition coefficient (Wildman–Crippen LogP) is 3.65. The van der Waals surface area contributed by atoms with Gasteiger partial charge in [0.05, 0.1) is 0 Å². The van der Waals surface area contributed by atoms with E-state index in [0.717, 1.165) is 0 Å². The first-order valence-electron chi connectivity index (χ1n) is 4.46. The molecule has 0 fully saturated rings. The number of aryl methyl sites for hydroxylation is 1. The Labute approximate surface area is 77.9 Å². The lowest BCUT2D eigenvalue weighted by Crippen LogP contribution is -1.92. The van der Waals surface area contributed by atoms with Gasteiger partial charge in [0.15, 0.2) is 0 Å². The Kier molecular flexibility index (Phi) is 1.84. The number of hydrogen-bond acceptors (Lipinski definition) is 1. The van der Waals surface area contributed by atoms with Crippen LogP contribution in [0.3, 0.4) is 0 Å². The van der Waals surface area contributed by atoms with Crippen LogP contribution < -0.4 is 0 Å². The van der Waals surface area contributed by atoms with Crippen molar-refractivity contribution in [2.45, 2.75) is 27.2 Å². The third kappa shape index (κ3) is 1.22. The van der Waals surface area contributed by atoms with E-state index in [4.69, 9.17) is 0 Å². The molecule has 12 heavy (non-hydrogen) atoms. The van der Waals surface area contributed by atoms with E-state index < -0.39 is 0 Å². The third-order valence-electron chi connectivity index (χ3n) is 2.42. The van der Waals surface area contributed by atoms with Gasteiger partial charge in [-0.1, -0.05) is 19.4 Å². The molecule has 1 heterocycles. The lowest BCUT2D eigenvalue weighted by Gasteiger charge is -2.04. The largest absolute Gasteiger partial charge is 0.141 e. The molecule has 0 nitrogen and oxygen atoms in total. The summed E-state index contributed by atoms with van der Waals surface area (Å²) in [6, 6.07) is 2.33. The Morgan fingerprint density at radius 2 is 2.17 bits per heavy atom. The van der Waals surface area contributed by atoms with E-state index >= 15 is 0 Å². The summed E-state index contributed by atoms with van der Waals surface area (Å²) in [6.07, 6.45) is 3.56. The van der Waals surface area contributed by atoms with Crippen LogP contribution in [0, 0.1) is 12.8 Å². The molecule has 0 radical (unpaired) electrons. The number of fused-ring (bicyclic) bond motifs is 1. The smallest absolute Gasteiger partial charge is 0.0308 e. The highest BCUT2D eigenvalue weighted by Gasteiger charge is 2.16. The molecule has 1 aromatic rings. The van der Waals surface area contributed by atoms with Crippen LogP contribution in [0.25, 0.3) is 6.08 Å². The zero-order chi connectivity index (χ0) is 8.72. The van der Waals surface area contributed by atoms with Crippen LogP contribution >= 0.6 is 11.3 Å². The normalized spacial score (nSPS) is 15.2. The molecule has 64 valence electrons. The molecule has 0 bridgehead atoms. The van der Waals surface area contributed by atoms with Gasteiger partial charge in [0.1, 0.15) is 0 Å². The molecular weight excluding hydrogens is 164 g/mol. The minimum Gasteiger partial charge on any atom is -0.141 e. The molecule has 1 aromatic heterocycles. The summed E-state index contributed by atoms with van der Waals surface area (Å²) in [4.78, 5) is 2.94. The van der Waals surface area contributed by atoms with Crippen molar-refractivity contribution in [2.75, 3.05) is 0 Å². The van der Waals surface area contributed by atoms with Crippen molar-refractivity contribution < 1.29 is 0 Å². The molecule has 1 heteroatoms. The quantitative estimate of drug-likeness (QED) is 0.615. The SMILES string of the molecule is Cc1cc2c(s1)C=C(C(C)C)C2. The molecule has 0 spiro atoms. The van der Waals surface area contributed by atoms with Crippen LogP contribution in [0.2, 0.25) is 0 Å². The molecule has 0 saturated heterocycles. The van der Waals surface area contributed by atoms with Crippen LogP contribution in [-0.4, -0.2) is 0 Å². The van der Waals surface area contributed by atoms with Crippen molar-refractivity contribution in [1.82, 2.24) is 0 Å². The molecule has 1 aliphatic rings. The van der Waals surface area contributed by atoms with E-state index in [-0.39, 0.29) is 0 Å². The summed E-state index contributed by atoms with van der Waals surface area (Å²) in [5, 5.41) is 0. The first kappa shape index (κ1) is 8.06. The summed E-state index contributed by atoms with van der Waals surface area (Å²) < 4.78 is 0. The van der Waals surface area contributed by atoms with Crippen LogP contribution in [0.1, 0.15) is 29.2 Å². The maximum atomic E-state index is 2.37. The van der Waals surface area contributed by atoms with Crippen LogP contribution in [-0.2, 0) is 6.42 Å². The van der Waals surface area contributed by atoms with Crippen molar-refractivity contribution in [1.29, 1.82) is 0 Å². The Bertz CT molecular complexity index is 329. The van der Waals surface area contributed by atoms with E-state index in [1.807, 2.05) is 11.3 Å². The molecule has 0 aliphatic heterocycles. The summed E-state index contributed by atoms with van der Waals surface area (Å²) in [6.45, 7) is 6.73. The first-order valence-corrected chi connectivity index (χ1v) is 5.28. The highest BCUT2D eigenvalue weighted by atomic mass is 32.1. The van der Waals surface area contributed by atoms with Crippen molar-refractivity contribution in [3.05, 3.63) is 27.0 Å². The van der Waals surface area contributed by atoms with Gasteiger partial charge in [-0.25, -0.2) is 0 Å². The van der Waals surface area contributed by atoms with Crippen molar-refractivity contribution in [3.8, 4) is 0 Å². The minimum absolute atomic E-state index is 0.713. The average Bonchev–Trinajstić information content (AvgIpc) is 2.42. The van der Waals surface area contributed by atoms with E-state index in [9.17, 15) is 0 Å². The molecule has 0 amide bonds. The predicted molar refractivity (Wildman–Crippen MR) is 55.6 cm³/mol. The zero-order valence-electron chi connectivity index (χ0n) is 7.85. The van der Waals surface area contributed by atoms with Crippen LogP contribution in [0.5, 0.6) is 0 Å². The Balaban J connectivity index is 2.33. The second-order valence-corrected chi connectivity index (χ2v) is 5.09. The number of allylic oxidation sites excluding steroid dienone is 1. The Morgan fingerprint density at radius 3 is 2.75 bits per heavy atom. The Morgan fingerprint density at radius 1 is 1.42 bits per heavy atom. The number of hydrogen-bond donors (Lipinski definition) is 0. The standard InChI is InChI=1S/C11H14S/c1-7(2)9-5-10-4-8(3)12-11(10)6-9/h4,6-7H,5H2,1-3H3. The topological polar surface area (TPSA) is 0 Å². The molecule has 0 aromatic carbocycles. The van der Waals surface area contributed by atoms with Gasteiger partial charge >= 0.3 is 0 Å². The number of thiophene rings is 1. The zero-order valence-corrected chi connectivity index (χ0v) is 8.66.